The number of rotatable bonds is 6. The number of hydrogen-bond acceptors (Lipinski definition) is 3. The molecule has 0 heterocycles. The summed E-state index contributed by atoms with van der Waals surface area (Å²) in [5.41, 5.74) is 8.23. The average molecular weight is 335 g/mol. The highest BCUT2D eigenvalue weighted by Crippen LogP contribution is 2.27. The first-order valence-electron chi connectivity index (χ1n) is 7.50. The van der Waals surface area contributed by atoms with Crippen LogP contribution in [0.2, 0.25) is 0 Å². The average Bonchev–Trinajstić information content (AvgIpc) is 2.48. The van der Waals surface area contributed by atoms with Crippen LogP contribution in [-0.2, 0) is 4.79 Å². The molecule has 0 radical (unpaired) electrons. The summed E-state index contributed by atoms with van der Waals surface area (Å²) < 4.78 is 5.64. The molecule has 0 atom stereocenters. The third-order valence-corrected chi connectivity index (χ3v) is 3.26. The molecule has 0 saturated heterocycles. The van der Waals surface area contributed by atoms with Gasteiger partial charge in [-0.1, -0.05) is 38.1 Å². The van der Waals surface area contributed by atoms with Crippen molar-refractivity contribution in [3.05, 3.63) is 41.5 Å². The summed E-state index contributed by atoms with van der Waals surface area (Å²) in [4.78, 5) is 11.8. The van der Waals surface area contributed by atoms with E-state index in [2.05, 4.69) is 36.6 Å². The van der Waals surface area contributed by atoms with Gasteiger partial charge in [0.2, 0.25) is 0 Å². The Morgan fingerprint density at radius 1 is 1.35 bits per heavy atom. The smallest absolute Gasteiger partial charge is 0.276 e. The molecule has 0 saturated carbocycles. The normalized spacial score (nSPS) is 10.1. The van der Waals surface area contributed by atoms with Gasteiger partial charge in [-0.05, 0) is 49.2 Å². The summed E-state index contributed by atoms with van der Waals surface area (Å²) >= 11 is 5.02. The molecule has 0 unspecified atom stereocenters. The standard InChI is InChI=1S/C17H25N3O2S/c1-11(2)9-18-17(23)20-19-16(21)10-22-15-8-13(5)6-7-14(15)12(3)4/h6-8,12H,1,9-10H2,2-5H3,(H,19,21)(H2,18,20,23). The second kappa shape index (κ2) is 9.15. The Morgan fingerprint density at radius 2 is 2.04 bits per heavy atom. The maximum atomic E-state index is 11.8. The molecule has 0 aliphatic rings. The van der Waals surface area contributed by atoms with Crippen LogP contribution < -0.4 is 20.9 Å². The summed E-state index contributed by atoms with van der Waals surface area (Å²) in [5.74, 6) is 0.754. The summed E-state index contributed by atoms with van der Waals surface area (Å²) in [7, 11) is 0. The minimum atomic E-state index is -0.305. The first-order valence-corrected chi connectivity index (χ1v) is 7.90. The summed E-state index contributed by atoms with van der Waals surface area (Å²) in [5, 5.41) is 3.24. The van der Waals surface area contributed by atoms with Crippen LogP contribution in [0.5, 0.6) is 5.75 Å². The van der Waals surface area contributed by atoms with E-state index in [0.29, 0.717) is 17.6 Å². The van der Waals surface area contributed by atoms with Gasteiger partial charge in [-0.3, -0.25) is 15.6 Å². The molecule has 0 fully saturated rings. The van der Waals surface area contributed by atoms with E-state index in [4.69, 9.17) is 17.0 Å². The number of carbonyl (C=O) groups is 1. The van der Waals surface area contributed by atoms with Crippen molar-refractivity contribution in [3.63, 3.8) is 0 Å². The van der Waals surface area contributed by atoms with Gasteiger partial charge < -0.3 is 10.1 Å². The van der Waals surface area contributed by atoms with E-state index >= 15 is 0 Å². The van der Waals surface area contributed by atoms with Crippen LogP contribution in [0.25, 0.3) is 0 Å². The first-order chi connectivity index (χ1) is 10.8. The van der Waals surface area contributed by atoms with Crippen molar-refractivity contribution in [2.45, 2.75) is 33.6 Å². The lowest BCUT2D eigenvalue weighted by Gasteiger charge is -2.15. The van der Waals surface area contributed by atoms with Crippen LogP contribution in [0.3, 0.4) is 0 Å². The molecule has 0 aliphatic heterocycles. The van der Waals surface area contributed by atoms with E-state index in [-0.39, 0.29) is 12.5 Å². The highest BCUT2D eigenvalue weighted by atomic mass is 32.1. The maximum Gasteiger partial charge on any atom is 0.276 e. The van der Waals surface area contributed by atoms with Gasteiger partial charge in [0.1, 0.15) is 5.75 Å². The molecule has 0 aromatic heterocycles. The Labute approximate surface area is 143 Å². The third kappa shape index (κ3) is 7.15. The van der Waals surface area contributed by atoms with Crippen molar-refractivity contribution in [1.82, 2.24) is 16.2 Å². The van der Waals surface area contributed by atoms with Gasteiger partial charge in [0.15, 0.2) is 11.7 Å². The van der Waals surface area contributed by atoms with Crippen LogP contribution in [0.1, 0.15) is 37.8 Å². The molecule has 5 nitrogen and oxygen atoms in total. The number of carbonyl (C=O) groups excluding carboxylic acids is 1. The summed E-state index contributed by atoms with van der Waals surface area (Å²) in [6, 6.07) is 6.01. The van der Waals surface area contributed by atoms with Crippen LogP contribution in [-0.4, -0.2) is 24.2 Å². The van der Waals surface area contributed by atoms with Gasteiger partial charge >= 0.3 is 0 Å². The minimum absolute atomic E-state index is 0.0841. The lowest BCUT2D eigenvalue weighted by molar-refractivity contribution is -0.123. The van der Waals surface area contributed by atoms with Gasteiger partial charge in [0, 0.05) is 6.54 Å². The number of aryl methyl sites for hydroxylation is 1. The number of benzene rings is 1. The number of hydrogen-bond donors (Lipinski definition) is 3. The molecule has 0 aliphatic carbocycles. The van der Waals surface area contributed by atoms with Crippen molar-refractivity contribution in [2.75, 3.05) is 13.2 Å². The van der Waals surface area contributed by atoms with Gasteiger partial charge in [-0.2, -0.15) is 0 Å². The Balaban J connectivity index is 2.46. The number of nitrogens with one attached hydrogen (secondary N) is 3. The van der Waals surface area contributed by atoms with Crippen LogP contribution >= 0.6 is 12.2 Å². The predicted octanol–water partition coefficient (Wildman–Crippen LogP) is 2.57. The van der Waals surface area contributed by atoms with Crippen molar-refractivity contribution in [2.24, 2.45) is 0 Å². The van der Waals surface area contributed by atoms with Gasteiger partial charge in [0.05, 0.1) is 0 Å². The zero-order valence-corrected chi connectivity index (χ0v) is 15.0. The second-order valence-electron chi connectivity index (χ2n) is 5.80. The van der Waals surface area contributed by atoms with Crippen molar-refractivity contribution in [1.29, 1.82) is 0 Å². The fraction of sp³-hybridized carbons (Fsp3) is 0.412. The van der Waals surface area contributed by atoms with E-state index in [9.17, 15) is 4.79 Å². The number of hydrazine groups is 1. The van der Waals surface area contributed by atoms with Crippen molar-refractivity contribution < 1.29 is 9.53 Å². The van der Waals surface area contributed by atoms with E-state index < -0.39 is 0 Å². The van der Waals surface area contributed by atoms with Crippen LogP contribution in [0, 0.1) is 6.92 Å². The molecule has 1 rings (SSSR count). The highest BCUT2D eigenvalue weighted by Gasteiger charge is 2.10. The van der Waals surface area contributed by atoms with Gasteiger partial charge in [0.25, 0.3) is 5.91 Å². The Morgan fingerprint density at radius 3 is 2.65 bits per heavy atom. The minimum Gasteiger partial charge on any atom is -0.483 e. The topological polar surface area (TPSA) is 62.4 Å². The van der Waals surface area contributed by atoms with Crippen LogP contribution in [0.4, 0.5) is 0 Å². The molecule has 23 heavy (non-hydrogen) atoms. The van der Waals surface area contributed by atoms with E-state index in [1.807, 2.05) is 32.0 Å². The molecule has 0 bridgehead atoms. The lowest BCUT2D eigenvalue weighted by atomic mass is 10.0. The fourth-order valence-corrected chi connectivity index (χ4v) is 1.95. The largest absolute Gasteiger partial charge is 0.483 e. The number of thiocarbonyl (C=S) groups is 1. The van der Waals surface area contributed by atoms with E-state index in [0.717, 1.165) is 22.4 Å². The molecule has 0 spiro atoms. The Kier molecular flexibility index (Phi) is 7.54. The summed E-state index contributed by atoms with van der Waals surface area (Å²) in [6.45, 7) is 12.3. The zero-order valence-electron chi connectivity index (χ0n) is 14.2. The number of ether oxygens (including phenoxy) is 1. The highest BCUT2D eigenvalue weighted by molar-refractivity contribution is 7.80. The van der Waals surface area contributed by atoms with Crippen molar-refractivity contribution in [3.8, 4) is 5.75 Å². The quantitative estimate of drug-likeness (QED) is 0.424. The molecular formula is C17H25N3O2S. The van der Waals surface area contributed by atoms with E-state index in [1.54, 1.807) is 0 Å². The van der Waals surface area contributed by atoms with E-state index in [1.165, 1.54) is 0 Å². The molecule has 3 N–H and O–H groups in total. The molecular weight excluding hydrogens is 310 g/mol. The molecule has 1 aromatic rings. The fourth-order valence-electron chi connectivity index (χ4n) is 1.82. The second-order valence-corrected chi connectivity index (χ2v) is 6.21. The molecule has 1 aromatic carbocycles. The maximum absolute atomic E-state index is 11.8. The SMILES string of the molecule is C=C(C)CNC(=S)NNC(=O)COc1cc(C)ccc1C(C)C. The number of amides is 1. The van der Waals surface area contributed by atoms with Gasteiger partial charge in [-0.25, -0.2) is 0 Å². The Hall–Kier alpha value is -2.08. The lowest BCUT2D eigenvalue weighted by Crippen LogP contribution is -2.48. The molecule has 6 heteroatoms. The predicted molar refractivity (Wildman–Crippen MR) is 97.5 cm³/mol. The summed E-state index contributed by atoms with van der Waals surface area (Å²) in [6.07, 6.45) is 0. The van der Waals surface area contributed by atoms with Crippen molar-refractivity contribution >= 4 is 23.2 Å². The molecule has 1 amide bonds. The monoisotopic (exact) mass is 335 g/mol. The molecule has 126 valence electrons. The Bertz CT molecular complexity index is 585. The third-order valence-electron chi connectivity index (χ3n) is 3.02. The first kappa shape index (κ1) is 19.0. The van der Waals surface area contributed by atoms with Gasteiger partial charge in [-0.15, -0.1) is 0 Å². The zero-order chi connectivity index (χ0) is 17.4. The van der Waals surface area contributed by atoms with Crippen LogP contribution in [0.15, 0.2) is 30.4 Å².